The van der Waals surface area contributed by atoms with Gasteiger partial charge in [-0.05, 0) is 13.8 Å². The molecule has 1 N–H and O–H groups in total. The van der Waals surface area contributed by atoms with Gasteiger partial charge < -0.3 is 5.11 Å². The molecule has 0 spiro atoms. The number of hydrogen-bond acceptors (Lipinski definition) is 3. The Hall–Kier alpha value is -1.33. The Kier molecular flexibility index (Phi) is 3.22. The van der Waals surface area contributed by atoms with Crippen LogP contribution in [0.4, 0.5) is 0 Å². The van der Waals surface area contributed by atoms with Crippen molar-refractivity contribution in [3.8, 4) is 0 Å². The summed E-state index contributed by atoms with van der Waals surface area (Å²) in [5.41, 5.74) is 2.10. The highest BCUT2D eigenvalue weighted by atomic mass is 35.5. The fourth-order valence-electron chi connectivity index (χ4n) is 1.82. The van der Waals surface area contributed by atoms with Gasteiger partial charge in [-0.15, -0.1) is 0 Å². The van der Waals surface area contributed by atoms with Crippen molar-refractivity contribution < 1.29 is 5.11 Å². The van der Waals surface area contributed by atoms with E-state index in [0.717, 1.165) is 17.8 Å². The first-order chi connectivity index (χ1) is 8.04. The number of halogens is 1. The van der Waals surface area contributed by atoms with E-state index in [1.165, 1.54) is 0 Å². The van der Waals surface area contributed by atoms with Gasteiger partial charge in [0.1, 0.15) is 11.3 Å². The Morgan fingerprint density at radius 3 is 2.71 bits per heavy atom. The first kappa shape index (κ1) is 12.1. The fourth-order valence-corrected chi connectivity index (χ4v) is 2.10. The molecule has 1 atom stereocenters. The summed E-state index contributed by atoms with van der Waals surface area (Å²) in [4.78, 5) is 0. The summed E-state index contributed by atoms with van der Waals surface area (Å²) < 4.78 is 3.32. The SMILES string of the molecule is CCn1cc(C(O)c2c(C)nn(C)c2Cl)cn1. The van der Waals surface area contributed by atoms with Gasteiger partial charge in [-0.25, -0.2) is 0 Å². The number of rotatable bonds is 3. The largest absolute Gasteiger partial charge is 0.383 e. The lowest BCUT2D eigenvalue weighted by Gasteiger charge is -2.07. The first-order valence-electron chi connectivity index (χ1n) is 5.44. The van der Waals surface area contributed by atoms with E-state index in [1.807, 2.05) is 20.0 Å². The van der Waals surface area contributed by atoms with Gasteiger partial charge in [-0.2, -0.15) is 10.2 Å². The summed E-state index contributed by atoms with van der Waals surface area (Å²) in [5.74, 6) is 0. The summed E-state index contributed by atoms with van der Waals surface area (Å²) in [6, 6.07) is 0. The van der Waals surface area contributed by atoms with E-state index >= 15 is 0 Å². The topological polar surface area (TPSA) is 55.9 Å². The lowest BCUT2D eigenvalue weighted by molar-refractivity contribution is 0.219. The van der Waals surface area contributed by atoms with E-state index in [2.05, 4.69) is 10.2 Å². The third-order valence-electron chi connectivity index (χ3n) is 2.76. The van der Waals surface area contributed by atoms with Gasteiger partial charge in [0.25, 0.3) is 0 Å². The highest BCUT2D eigenvalue weighted by Gasteiger charge is 2.21. The van der Waals surface area contributed by atoms with Crippen LogP contribution in [-0.4, -0.2) is 24.7 Å². The molecule has 17 heavy (non-hydrogen) atoms. The second-order valence-electron chi connectivity index (χ2n) is 3.95. The van der Waals surface area contributed by atoms with Gasteiger partial charge in [0.15, 0.2) is 0 Å². The van der Waals surface area contributed by atoms with Gasteiger partial charge in [0.05, 0.1) is 11.9 Å². The van der Waals surface area contributed by atoms with Crippen LogP contribution in [0.3, 0.4) is 0 Å². The molecule has 0 radical (unpaired) electrons. The number of hydrogen-bond donors (Lipinski definition) is 1. The second kappa shape index (κ2) is 4.50. The molecule has 0 amide bonds. The molecule has 2 heterocycles. The van der Waals surface area contributed by atoms with Crippen LogP contribution in [0.5, 0.6) is 0 Å². The minimum Gasteiger partial charge on any atom is -0.383 e. The van der Waals surface area contributed by atoms with Crippen LogP contribution in [0.15, 0.2) is 12.4 Å². The predicted octanol–water partition coefficient (Wildman–Crippen LogP) is 1.68. The molecule has 0 saturated carbocycles. The van der Waals surface area contributed by atoms with Crippen LogP contribution in [-0.2, 0) is 13.6 Å². The first-order valence-corrected chi connectivity index (χ1v) is 5.81. The Bertz CT molecular complexity index is 532. The normalized spacial score (nSPS) is 13.0. The molecule has 0 fully saturated rings. The van der Waals surface area contributed by atoms with Crippen LogP contribution in [0, 0.1) is 6.92 Å². The molecule has 6 heteroatoms. The van der Waals surface area contributed by atoms with Gasteiger partial charge in [-0.3, -0.25) is 9.36 Å². The van der Waals surface area contributed by atoms with Crippen LogP contribution < -0.4 is 0 Å². The third kappa shape index (κ3) is 2.08. The monoisotopic (exact) mass is 254 g/mol. The molecule has 0 aliphatic carbocycles. The summed E-state index contributed by atoms with van der Waals surface area (Å²) in [5, 5.41) is 19.1. The lowest BCUT2D eigenvalue weighted by atomic mass is 10.1. The molecule has 0 aromatic carbocycles. The molecule has 0 bridgehead atoms. The Balaban J connectivity index is 2.39. The van der Waals surface area contributed by atoms with Crippen molar-refractivity contribution in [2.75, 3.05) is 0 Å². The van der Waals surface area contributed by atoms with Crippen molar-refractivity contribution in [1.29, 1.82) is 0 Å². The van der Waals surface area contributed by atoms with Crippen molar-refractivity contribution in [2.24, 2.45) is 7.05 Å². The second-order valence-corrected chi connectivity index (χ2v) is 4.30. The molecular weight excluding hydrogens is 240 g/mol. The van der Waals surface area contributed by atoms with Crippen molar-refractivity contribution >= 4 is 11.6 Å². The van der Waals surface area contributed by atoms with Crippen LogP contribution in [0.2, 0.25) is 5.15 Å². The molecule has 2 aromatic rings. The van der Waals surface area contributed by atoms with E-state index in [1.54, 1.807) is 22.6 Å². The number of nitrogens with zero attached hydrogens (tertiary/aromatic N) is 4. The predicted molar refractivity (Wildman–Crippen MR) is 64.9 cm³/mol. The highest BCUT2D eigenvalue weighted by molar-refractivity contribution is 6.30. The van der Waals surface area contributed by atoms with E-state index in [0.29, 0.717) is 10.7 Å². The van der Waals surface area contributed by atoms with Crippen molar-refractivity contribution in [3.63, 3.8) is 0 Å². The van der Waals surface area contributed by atoms with Gasteiger partial charge >= 0.3 is 0 Å². The molecule has 92 valence electrons. The zero-order chi connectivity index (χ0) is 12.6. The molecule has 2 rings (SSSR count). The maximum atomic E-state index is 10.3. The van der Waals surface area contributed by atoms with Crippen LogP contribution in [0.25, 0.3) is 0 Å². The van der Waals surface area contributed by atoms with Crippen molar-refractivity contribution in [1.82, 2.24) is 19.6 Å². The summed E-state index contributed by atoms with van der Waals surface area (Å²) >= 11 is 6.11. The zero-order valence-corrected chi connectivity index (χ0v) is 10.8. The number of aliphatic hydroxyl groups is 1. The van der Waals surface area contributed by atoms with Crippen LogP contribution >= 0.6 is 11.6 Å². The lowest BCUT2D eigenvalue weighted by Crippen LogP contribution is -2.00. The van der Waals surface area contributed by atoms with E-state index in [4.69, 9.17) is 11.6 Å². The van der Waals surface area contributed by atoms with E-state index in [-0.39, 0.29) is 0 Å². The molecule has 2 aromatic heterocycles. The van der Waals surface area contributed by atoms with E-state index < -0.39 is 6.10 Å². The average Bonchev–Trinajstić information content (AvgIpc) is 2.85. The maximum absolute atomic E-state index is 10.3. The average molecular weight is 255 g/mol. The smallest absolute Gasteiger partial charge is 0.133 e. The quantitative estimate of drug-likeness (QED) is 0.907. The number of aromatic nitrogens is 4. The molecule has 5 nitrogen and oxygen atoms in total. The highest BCUT2D eigenvalue weighted by Crippen LogP contribution is 2.30. The minimum absolute atomic E-state index is 0.458. The Morgan fingerprint density at radius 2 is 2.24 bits per heavy atom. The van der Waals surface area contributed by atoms with Crippen LogP contribution in [0.1, 0.15) is 29.8 Å². The number of aliphatic hydroxyl groups excluding tert-OH is 1. The molecule has 0 aliphatic rings. The molecule has 0 saturated heterocycles. The Labute approximate surface area is 105 Å². The standard InChI is InChI=1S/C11H15ClN4O/c1-4-16-6-8(5-13-16)10(17)9-7(2)14-15(3)11(9)12/h5-6,10,17H,4H2,1-3H3. The third-order valence-corrected chi connectivity index (χ3v) is 3.21. The van der Waals surface area contributed by atoms with Crippen molar-refractivity contribution in [2.45, 2.75) is 26.5 Å². The fraction of sp³-hybridized carbons (Fsp3) is 0.455. The molecular formula is C11H15ClN4O. The van der Waals surface area contributed by atoms with Gasteiger partial charge in [0.2, 0.25) is 0 Å². The van der Waals surface area contributed by atoms with E-state index in [9.17, 15) is 5.11 Å². The molecule has 0 aliphatic heterocycles. The zero-order valence-electron chi connectivity index (χ0n) is 10.1. The minimum atomic E-state index is -0.781. The summed E-state index contributed by atoms with van der Waals surface area (Å²) in [6.45, 7) is 4.59. The molecule has 1 unspecified atom stereocenters. The summed E-state index contributed by atoms with van der Waals surface area (Å²) in [6.07, 6.45) is 2.68. The maximum Gasteiger partial charge on any atom is 0.133 e. The van der Waals surface area contributed by atoms with Gasteiger partial charge in [0, 0.05) is 30.9 Å². The Morgan fingerprint density at radius 1 is 1.53 bits per heavy atom. The number of aryl methyl sites for hydroxylation is 3. The van der Waals surface area contributed by atoms with Gasteiger partial charge in [-0.1, -0.05) is 11.6 Å². The van der Waals surface area contributed by atoms with Crippen molar-refractivity contribution in [3.05, 3.63) is 34.4 Å². The summed E-state index contributed by atoms with van der Waals surface area (Å²) in [7, 11) is 1.75.